The van der Waals surface area contributed by atoms with E-state index in [0.29, 0.717) is 0 Å². The van der Waals surface area contributed by atoms with E-state index in [4.69, 9.17) is 0 Å². The Morgan fingerprint density at radius 1 is 1.05 bits per heavy atom. The summed E-state index contributed by atoms with van der Waals surface area (Å²) >= 11 is 0. The second-order valence-corrected chi connectivity index (χ2v) is 4.85. The average molecular weight is 272 g/mol. The molecule has 0 aliphatic heterocycles. The molecule has 0 amide bonds. The fraction of sp³-hybridized carbons (Fsp3) is 0.294. The van der Waals surface area contributed by atoms with Crippen LogP contribution in [0.25, 0.3) is 0 Å². The Hall–Kier alpha value is -1.87. The van der Waals surface area contributed by atoms with Crippen molar-refractivity contribution < 1.29 is 4.39 Å². The van der Waals surface area contributed by atoms with Gasteiger partial charge in [-0.3, -0.25) is 0 Å². The fourth-order valence-electron chi connectivity index (χ4n) is 2.34. The molecule has 0 radical (unpaired) electrons. The fourth-order valence-corrected chi connectivity index (χ4v) is 2.34. The van der Waals surface area contributed by atoms with Crippen molar-refractivity contribution in [3.05, 3.63) is 66.0 Å². The first-order chi connectivity index (χ1) is 9.72. The zero-order valence-corrected chi connectivity index (χ0v) is 12.0. The molecule has 2 aromatic carbocycles. The molecule has 20 heavy (non-hydrogen) atoms. The van der Waals surface area contributed by atoms with E-state index in [2.05, 4.69) is 22.3 Å². The van der Waals surface area contributed by atoms with Crippen LogP contribution < -0.4 is 10.2 Å². The van der Waals surface area contributed by atoms with Gasteiger partial charge in [0.25, 0.3) is 0 Å². The van der Waals surface area contributed by atoms with E-state index in [1.807, 2.05) is 44.3 Å². The van der Waals surface area contributed by atoms with Gasteiger partial charge < -0.3 is 10.2 Å². The van der Waals surface area contributed by atoms with Gasteiger partial charge in [0.05, 0.1) is 6.04 Å². The zero-order valence-electron chi connectivity index (χ0n) is 12.0. The first-order valence-electron chi connectivity index (χ1n) is 6.96. The smallest absolute Gasteiger partial charge is 0.128 e. The maximum atomic E-state index is 14.0. The van der Waals surface area contributed by atoms with Crippen molar-refractivity contribution in [1.82, 2.24) is 5.32 Å². The minimum absolute atomic E-state index is 0.0218. The Bertz CT molecular complexity index is 528. The van der Waals surface area contributed by atoms with E-state index in [1.165, 1.54) is 6.07 Å². The van der Waals surface area contributed by atoms with E-state index in [1.54, 1.807) is 6.07 Å². The largest absolute Gasteiger partial charge is 0.373 e. The minimum Gasteiger partial charge on any atom is -0.373 e. The molecule has 0 saturated carbocycles. The maximum absolute atomic E-state index is 14.0. The van der Waals surface area contributed by atoms with Gasteiger partial charge in [0.1, 0.15) is 5.82 Å². The van der Waals surface area contributed by atoms with Crippen molar-refractivity contribution in [2.24, 2.45) is 0 Å². The molecule has 0 bridgehead atoms. The van der Waals surface area contributed by atoms with Gasteiger partial charge in [-0.15, -0.1) is 0 Å². The third kappa shape index (κ3) is 3.58. The van der Waals surface area contributed by atoms with Crippen LogP contribution >= 0.6 is 0 Å². The van der Waals surface area contributed by atoms with Gasteiger partial charge in [-0.1, -0.05) is 43.3 Å². The lowest BCUT2D eigenvalue weighted by atomic mass is 10.1. The van der Waals surface area contributed by atoms with E-state index in [-0.39, 0.29) is 11.9 Å². The van der Waals surface area contributed by atoms with Gasteiger partial charge in [-0.2, -0.15) is 0 Å². The molecule has 2 aromatic rings. The summed E-state index contributed by atoms with van der Waals surface area (Å²) in [6.45, 7) is 3.57. The molecule has 1 unspecified atom stereocenters. The highest BCUT2D eigenvalue weighted by atomic mass is 19.1. The Labute approximate surface area is 120 Å². The molecule has 1 atom stereocenters. The van der Waals surface area contributed by atoms with Crippen LogP contribution in [0.4, 0.5) is 10.1 Å². The summed E-state index contributed by atoms with van der Waals surface area (Å²) in [5.74, 6) is -0.153. The maximum Gasteiger partial charge on any atom is 0.128 e. The van der Waals surface area contributed by atoms with Gasteiger partial charge in [-0.05, 0) is 24.7 Å². The van der Waals surface area contributed by atoms with Gasteiger partial charge in [0, 0.05) is 24.8 Å². The number of hydrogen-bond acceptors (Lipinski definition) is 2. The van der Waals surface area contributed by atoms with Crippen LogP contribution in [0, 0.1) is 5.82 Å². The molecule has 0 heterocycles. The van der Waals surface area contributed by atoms with Gasteiger partial charge >= 0.3 is 0 Å². The Kier molecular flexibility index (Phi) is 5.13. The normalized spacial score (nSPS) is 12.2. The number of hydrogen-bond donors (Lipinski definition) is 1. The molecule has 2 rings (SSSR count). The third-order valence-corrected chi connectivity index (χ3v) is 3.38. The lowest BCUT2D eigenvalue weighted by Gasteiger charge is -2.27. The van der Waals surface area contributed by atoms with Crippen LogP contribution in [0.1, 0.15) is 18.5 Å². The quantitative estimate of drug-likeness (QED) is 0.864. The van der Waals surface area contributed by atoms with Crippen LogP contribution in [0.5, 0.6) is 0 Å². The molecule has 0 spiro atoms. The monoisotopic (exact) mass is 272 g/mol. The number of para-hydroxylation sites is 1. The molecule has 0 aliphatic rings. The lowest BCUT2D eigenvalue weighted by Crippen LogP contribution is -2.33. The lowest BCUT2D eigenvalue weighted by molar-refractivity contribution is 0.511. The van der Waals surface area contributed by atoms with Crippen molar-refractivity contribution in [2.75, 3.05) is 25.0 Å². The van der Waals surface area contributed by atoms with Crippen molar-refractivity contribution >= 4 is 5.69 Å². The van der Waals surface area contributed by atoms with Crippen LogP contribution in [0.2, 0.25) is 0 Å². The minimum atomic E-state index is -0.153. The summed E-state index contributed by atoms with van der Waals surface area (Å²) in [5.41, 5.74) is 1.85. The molecule has 106 valence electrons. The second kappa shape index (κ2) is 7.06. The second-order valence-electron chi connectivity index (χ2n) is 4.85. The Balaban J connectivity index is 2.16. The first-order valence-corrected chi connectivity index (χ1v) is 6.96. The van der Waals surface area contributed by atoms with Gasteiger partial charge in [0.15, 0.2) is 0 Å². The van der Waals surface area contributed by atoms with Crippen molar-refractivity contribution in [3.63, 3.8) is 0 Å². The van der Waals surface area contributed by atoms with Crippen molar-refractivity contribution in [1.29, 1.82) is 0 Å². The topological polar surface area (TPSA) is 15.3 Å². The summed E-state index contributed by atoms with van der Waals surface area (Å²) in [4.78, 5) is 2.14. The standard InChI is InChI=1S/C17H21FN2/c1-3-19-17(15-11-7-8-12-16(15)18)13-20(2)14-9-5-4-6-10-14/h4-12,17,19H,3,13H2,1-2H3. The van der Waals surface area contributed by atoms with E-state index in [0.717, 1.165) is 24.3 Å². The predicted molar refractivity (Wildman–Crippen MR) is 82.5 cm³/mol. The summed E-state index contributed by atoms with van der Waals surface area (Å²) in [6, 6.07) is 17.1. The highest BCUT2D eigenvalue weighted by Gasteiger charge is 2.16. The van der Waals surface area contributed by atoms with Gasteiger partial charge in [-0.25, -0.2) is 4.39 Å². The average Bonchev–Trinajstić information content (AvgIpc) is 2.48. The molecule has 0 fully saturated rings. The molecule has 1 N–H and O–H groups in total. The van der Waals surface area contributed by atoms with Crippen LogP contribution in [0.15, 0.2) is 54.6 Å². The summed E-state index contributed by atoms with van der Waals surface area (Å²) in [6.07, 6.45) is 0. The van der Waals surface area contributed by atoms with Crippen molar-refractivity contribution in [3.8, 4) is 0 Å². The first kappa shape index (κ1) is 14.5. The number of nitrogens with zero attached hydrogens (tertiary/aromatic N) is 1. The summed E-state index contributed by atoms with van der Waals surface area (Å²) < 4.78 is 14.0. The number of rotatable bonds is 6. The third-order valence-electron chi connectivity index (χ3n) is 3.38. The Morgan fingerprint density at radius 2 is 1.70 bits per heavy atom. The van der Waals surface area contributed by atoms with Crippen LogP contribution in [0.3, 0.4) is 0 Å². The van der Waals surface area contributed by atoms with E-state index in [9.17, 15) is 4.39 Å². The van der Waals surface area contributed by atoms with Crippen molar-refractivity contribution in [2.45, 2.75) is 13.0 Å². The molecule has 3 heteroatoms. The zero-order chi connectivity index (χ0) is 14.4. The predicted octanol–water partition coefficient (Wildman–Crippen LogP) is 3.61. The van der Waals surface area contributed by atoms with Gasteiger partial charge in [0.2, 0.25) is 0 Å². The number of likely N-dealkylation sites (N-methyl/N-ethyl adjacent to an activating group) is 2. The SMILES string of the molecule is CCNC(CN(C)c1ccccc1)c1ccccc1F. The number of anilines is 1. The van der Waals surface area contributed by atoms with E-state index >= 15 is 0 Å². The molecular formula is C17H21FN2. The van der Waals surface area contributed by atoms with E-state index < -0.39 is 0 Å². The summed E-state index contributed by atoms with van der Waals surface area (Å²) in [5, 5.41) is 3.36. The highest BCUT2D eigenvalue weighted by Crippen LogP contribution is 2.20. The molecule has 0 saturated heterocycles. The van der Waals surface area contributed by atoms with Crippen LogP contribution in [-0.2, 0) is 0 Å². The number of halogens is 1. The molecule has 0 aromatic heterocycles. The molecule has 0 aliphatic carbocycles. The molecular weight excluding hydrogens is 251 g/mol. The Morgan fingerprint density at radius 3 is 2.35 bits per heavy atom. The number of nitrogens with one attached hydrogen (secondary N) is 1. The number of benzene rings is 2. The molecule has 2 nitrogen and oxygen atoms in total. The van der Waals surface area contributed by atoms with Crippen LogP contribution in [-0.4, -0.2) is 20.1 Å². The highest BCUT2D eigenvalue weighted by molar-refractivity contribution is 5.45. The summed E-state index contributed by atoms with van der Waals surface area (Å²) in [7, 11) is 2.03.